The Kier molecular flexibility index (Phi) is 3.61. The molecule has 0 aliphatic carbocycles. The minimum Gasteiger partial charge on any atom is -0.350 e. The minimum atomic E-state index is -0.144. The predicted octanol–water partition coefficient (Wildman–Crippen LogP) is 3.75. The quantitative estimate of drug-likeness (QED) is 0.566. The van der Waals surface area contributed by atoms with Crippen LogP contribution < -0.4 is 5.32 Å². The van der Waals surface area contributed by atoms with Crippen LogP contribution in [0.4, 0.5) is 0 Å². The summed E-state index contributed by atoms with van der Waals surface area (Å²) in [6, 6.07) is 15.7. The maximum atomic E-state index is 12.4. The number of amides is 1. The van der Waals surface area contributed by atoms with Gasteiger partial charge in [0, 0.05) is 22.4 Å². The number of imidazole rings is 1. The summed E-state index contributed by atoms with van der Waals surface area (Å²) in [5.74, 6) is 0.679. The van der Waals surface area contributed by atoms with Crippen molar-refractivity contribution in [2.75, 3.05) is 0 Å². The molecule has 2 heterocycles. The normalized spacial score (nSPS) is 11.2. The molecule has 6 heteroatoms. The Balaban J connectivity index is 1.55. The fourth-order valence-corrected chi connectivity index (χ4v) is 3.19. The van der Waals surface area contributed by atoms with Crippen molar-refractivity contribution >= 4 is 43.8 Å². The third-order valence-electron chi connectivity index (χ3n) is 4.12. The van der Waals surface area contributed by atoms with Gasteiger partial charge in [-0.3, -0.25) is 4.79 Å². The van der Waals surface area contributed by atoms with E-state index in [9.17, 15) is 4.79 Å². The first-order chi connectivity index (χ1) is 11.6. The van der Waals surface area contributed by atoms with Crippen LogP contribution >= 0.6 is 15.9 Å². The monoisotopic (exact) mass is 382 g/mol. The first-order valence-electron chi connectivity index (χ1n) is 7.58. The van der Waals surface area contributed by atoms with Gasteiger partial charge < -0.3 is 14.9 Å². The molecule has 0 spiro atoms. The van der Waals surface area contributed by atoms with Crippen molar-refractivity contribution in [2.24, 2.45) is 7.05 Å². The molecule has 0 aliphatic rings. The zero-order valence-electron chi connectivity index (χ0n) is 13.0. The highest BCUT2D eigenvalue weighted by atomic mass is 79.9. The number of fused-ring (bicyclic) bond motifs is 2. The molecule has 0 radical (unpaired) electrons. The first-order valence-corrected chi connectivity index (χ1v) is 8.38. The molecule has 5 nitrogen and oxygen atoms in total. The van der Waals surface area contributed by atoms with Crippen molar-refractivity contribution in [1.29, 1.82) is 0 Å². The van der Waals surface area contributed by atoms with Gasteiger partial charge >= 0.3 is 0 Å². The van der Waals surface area contributed by atoms with Gasteiger partial charge in [-0.05, 0) is 30.3 Å². The molecule has 24 heavy (non-hydrogen) atoms. The van der Waals surface area contributed by atoms with Gasteiger partial charge in [0.05, 0.1) is 17.6 Å². The molecule has 2 N–H and O–H groups in total. The number of rotatable bonds is 3. The standard InChI is InChI=1S/C18H15BrN4O/c1-23-16-5-3-2-4-13(16)22-17(23)10-20-18(24)15-8-11-6-7-12(19)9-14(11)21-15/h2-9,21H,10H2,1H3,(H,20,24). The second-order valence-electron chi connectivity index (χ2n) is 5.67. The van der Waals surface area contributed by atoms with Gasteiger partial charge in [0.15, 0.2) is 0 Å². The average Bonchev–Trinajstić information content (AvgIpc) is 3.14. The Labute approximate surface area is 146 Å². The van der Waals surface area contributed by atoms with Gasteiger partial charge in [0.2, 0.25) is 0 Å². The lowest BCUT2D eigenvalue weighted by Gasteiger charge is -2.04. The molecule has 2 aromatic carbocycles. The molecule has 0 fully saturated rings. The molecule has 0 aliphatic heterocycles. The van der Waals surface area contributed by atoms with Crippen molar-refractivity contribution in [3.05, 3.63) is 64.5 Å². The second kappa shape index (κ2) is 5.79. The fourth-order valence-electron chi connectivity index (χ4n) is 2.83. The van der Waals surface area contributed by atoms with Crippen LogP contribution in [0.25, 0.3) is 21.9 Å². The number of para-hydroxylation sites is 2. The van der Waals surface area contributed by atoms with Gasteiger partial charge in [0.1, 0.15) is 11.5 Å². The van der Waals surface area contributed by atoms with Crippen LogP contribution in [0.15, 0.2) is 53.0 Å². The van der Waals surface area contributed by atoms with Gasteiger partial charge in [0.25, 0.3) is 5.91 Å². The minimum absolute atomic E-state index is 0.144. The highest BCUT2D eigenvalue weighted by Crippen LogP contribution is 2.20. The number of nitrogens with zero attached hydrogens (tertiary/aromatic N) is 2. The fraction of sp³-hybridized carbons (Fsp3) is 0.111. The lowest BCUT2D eigenvalue weighted by Crippen LogP contribution is -2.24. The second-order valence-corrected chi connectivity index (χ2v) is 6.59. The number of carbonyl (C=O) groups is 1. The number of H-pyrrole nitrogens is 1. The van der Waals surface area contributed by atoms with E-state index in [-0.39, 0.29) is 5.91 Å². The Hall–Kier alpha value is -2.60. The zero-order chi connectivity index (χ0) is 16.7. The van der Waals surface area contributed by atoms with Crippen molar-refractivity contribution < 1.29 is 4.79 Å². The summed E-state index contributed by atoms with van der Waals surface area (Å²) in [6.45, 7) is 0.378. The van der Waals surface area contributed by atoms with E-state index >= 15 is 0 Å². The summed E-state index contributed by atoms with van der Waals surface area (Å²) >= 11 is 3.43. The third-order valence-corrected chi connectivity index (χ3v) is 4.61. The number of aryl methyl sites for hydroxylation is 1. The summed E-state index contributed by atoms with van der Waals surface area (Å²) < 4.78 is 2.97. The lowest BCUT2D eigenvalue weighted by molar-refractivity contribution is 0.0945. The van der Waals surface area contributed by atoms with Crippen LogP contribution in [-0.2, 0) is 13.6 Å². The predicted molar refractivity (Wildman–Crippen MR) is 97.9 cm³/mol. The average molecular weight is 383 g/mol. The Morgan fingerprint density at radius 1 is 1.25 bits per heavy atom. The molecule has 1 amide bonds. The van der Waals surface area contributed by atoms with E-state index < -0.39 is 0 Å². The number of aromatic amines is 1. The maximum absolute atomic E-state index is 12.4. The van der Waals surface area contributed by atoms with E-state index in [2.05, 4.69) is 31.2 Å². The summed E-state index contributed by atoms with van der Waals surface area (Å²) in [6.07, 6.45) is 0. The SMILES string of the molecule is Cn1c(CNC(=O)c2cc3ccc(Br)cc3[nH]2)nc2ccccc21. The molecule has 2 aromatic heterocycles. The molecule has 0 saturated heterocycles. The summed E-state index contributed by atoms with van der Waals surface area (Å²) in [4.78, 5) is 20.1. The highest BCUT2D eigenvalue weighted by Gasteiger charge is 2.12. The Bertz CT molecular complexity index is 1060. The zero-order valence-corrected chi connectivity index (χ0v) is 14.6. The van der Waals surface area contributed by atoms with Gasteiger partial charge in [-0.25, -0.2) is 4.98 Å². The largest absolute Gasteiger partial charge is 0.350 e. The van der Waals surface area contributed by atoms with Crippen LogP contribution in [-0.4, -0.2) is 20.4 Å². The number of benzene rings is 2. The van der Waals surface area contributed by atoms with Crippen molar-refractivity contribution in [2.45, 2.75) is 6.54 Å². The van der Waals surface area contributed by atoms with Crippen LogP contribution in [0.1, 0.15) is 16.3 Å². The van der Waals surface area contributed by atoms with Crippen LogP contribution in [0.2, 0.25) is 0 Å². The third kappa shape index (κ3) is 2.59. The molecular weight excluding hydrogens is 368 g/mol. The van der Waals surface area contributed by atoms with E-state index in [1.165, 1.54) is 0 Å². The summed E-state index contributed by atoms with van der Waals surface area (Å²) in [5, 5.41) is 3.93. The van der Waals surface area contributed by atoms with Gasteiger partial charge in [-0.1, -0.05) is 34.1 Å². The number of aromatic nitrogens is 3. The van der Waals surface area contributed by atoms with E-state index in [1.54, 1.807) is 0 Å². The maximum Gasteiger partial charge on any atom is 0.268 e. The van der Waals surface area contributed by atoms with Gasteiger partial charge in [-0.15, -0.1) is 0 Å². The molecule has 0 atom stereocenters. The molecule has 0 bridgehead atoms. The molecule has 0 unspecified atom stereocenters. The molecule has 4 rings (SSSR count). The number of halogens is 1. The summed E-state index contributed by atoms with van der Waals surface area (Å²) in [7, 11) is 1.96. The van der Waals surface area contributed by atoms with Crippen molar-refractivity contribution in [1.82, 2.24) is 19.9 Å². The molecule has 4 aromatic rings. The Morgan fingerprint density at radius 2 is 2.08 bits per heavy atom. The first kappa shape index (κ1) is 15.0. The van der Waals surface area contributed by atoms with Crippen molar-refractivity contribution in [3.63, 3.8) is 0 Å². The van der Waals surface area contributed by atoms with E-state index in [0.717, 1.165) is 32.2 Å². The van der Waals surface area contributed by atoms with Crippen LogP contribution in [0.3, 0.4) is 0 Å². The molecule has 120 valence electrons. The van der Waals surface area contributed by atoms with E-state index in [0.29, 0.717) is 12.2 Å². The summed E-state index contributed by atoms with van der Waals surface area (Å²) in [5.41, 5.74) is 3.45. The number of nitrogens with one attached hydrogen (secondary N) is 2. The van der Waals surface area contributed by atoms with Crippen LogP contribution in [0, 0.1) is 0 Å². The smallest absolute Gasteiger partial charge is 0.268 e. The van der Waals surface area contributed by atoms with Crippen LogP contribution in [0.5, 0.6) is 0 Å². The Morgan fingerprint density at radius 3 is 2.92 bits per heavy atom. The highest BCUT2D eigenvalue weighted by molar-refractivity contribution is 9.10. The number of hydrogen-bond acceptors (Lipinski definition) is 2. The van der Waals surface area contributed by atoms with Crippen molar-refractivity contribution in [3.8, 4) is 0 Å². The topological polar surface area (TPSA) is 62.7 Å². The number of hydrogen-bond donors (Lipinski definition) is 2. The number of carbonyl (C=O) groups excluding carboxylic acids is 1. The van der Waals surface area contributed by atoms with Gasteiger partial charge in [-0.2, -0.15) is 0 Å². The van der Waals surface area contributed by atoms with E-state index in [4.69, 9.17) is 0 Å². The van der Waals surface area contributed by atoms with E-state index in [1.807, 2.05) is 60.1 Å². The lowest BCUT2D eigenvalue weighted by atomic mass is 10.2. The molecule has 0 saturated carbocycles. The molecular formula is C18H15BrN4O.